The fourth-order valence-corrected chi connectivity index (χ4v) is 1.85. The van der Waals surface area contributed by atoms with Crippen molar-refractivity contribution in [3.63, 3.8) is 0 Å². The van der Waals surface area contributed by atoms with Gasteiger partial charge in [-0.05, 0) is 26.0 Å². The molecule has 0 saturated heterocycles. The van der Waals surface area contributed by atoms with Gasteiger partial charge >= 0.3 is 0 Å². The number of hydrogen-bond acceptors (Lipinski definition) is 4. The summed E-state index contributed by atoms with van der Waals surface area (Å²) < 4.78 is 5.39. The van der Waals surface area contributed by atoms with Gasteiger partial charge in [-0.25, -0.2) is 4.98 Å². The highest BCUT2D eigenvalue weighted by Crippen LogP contribution is 2.20. The second-order valence-electron chi connectivity index (χ2n) is 4.44. The number of nitrogens with zero attached hydrogens (tertiary/aromatic N) is 1. The van der Waals surface area contributed by atoms with Crippen molar-refractivity contribution in [1.29, 1.82) is 0 Å². The molecule has 2 aromatic rings. The second kappa shape index (κ2) is 6.54. The molecular weight excluding hydrogens is 278 g/mol. The molecule has 1 aromatic carbocycles. The molecule has 2 rings (SSSR count). The van der Waals surface area contributed by atoms with E-state index in [0.717, 1.165) is 5.76 Å². The van der Waals surface area contributed by atoms with Crippen molar-refractivity contribution in [2.45, 2.75) is 19.9 Å². The van der Waals surface area contributed by atoms with Crippen LogP contribution in [0, 0.1) is 6.92 Å². The van der Waals surface area contributed by atoms with Crippen LogP contribution in [0.3, 0.4) is 0 Å². The molecule has 0 aliphatic heterocycles. The van der Waals surface area contributed by atoms with Crippen LogP contribution >= 0.6 is 11.6 Å². The molecular formula is C14H16ClN3O2. The highest BCUT2D eigenvalue weighted by atomic mass is 35.5. The number of aryl methyl sites for hydroxylation is 1. The van der Waals surface area contributed by atoms with Crippen LogP contribution in [0.25, 0.3) is 0 Å². The van der Waals surface area contributed by atoms with Crippen LogP contribution in [0.5, 0.6) is 0 Å². The SMILES string of the molecule is Cc1cnc(C(C)NCC(=O)Nc2ccccc2Cl)o1. The van der Waals surface area contributed by atoms with Gasteiger partial charge in [-0.1, -0.05) is 23.7 Å². The number of halogens is 1. The van der Waals surface area contributed by atoms with Crippen LogP contribution in [-0.4, -0.2) is 17.4 Å². The Balaban J connectivity index is 1.85. The highest BCUT2D eigenvalue weighted by Gasteiger charge is 2.12. The van der Waals surface area contributed by atoms with Gasteiger partial charge < -0.3 is 9.73 Å². The number of nitrogens with one attached hydrogen (secondary N) is 2. The van der Waals surface area contributed by atoms with Crippen LogP contribution in [0.1, 0.15) is 24.6 Å². The van der Waals surface area contributed by atoms with Crippen LogP contribution in [0.15, 0.2) is 34.9 Å². The van der Waals surface area contributed by atoms with Gasteiger partial charge in [0.1, 0.15) is 5.76 Å². The van der Waals surface area contributed by atoms with Gasteiger partial charge in [-0.15, -0.1) is 0 Å². The van der Waals surface area contributed by atoms with E-state index < -0.39 is 0 Å². The first-order chi connectivity index (χ1) is 9.56. The molecule has 1 heterocycles. The van der Waals surface area contributed by atoms with Crippen molar-refractivity contribution in [3.05, 3.63) is 47.1 Å². The lowest BCUT2D eigenvalue weighted by molar-refractivity contribution is -0.115. The fraction of sp³-hybridized carbons (Fsp3) is 0.286. The molecule has 2 N–H and O–H groups in total. The standard InChI is InChI=1S/C14H16ClN3O2/c1-9-7-17-14(20-9)10(2)16-8-13(19)18-12-6-4-3-5-11(12)15/h3-7,10,16H,8H2,1-2H3,(H,18,19). The van der Waals surface area contributed by atoms with Crippen LogP contribution in [-0.2, 0) is 4.79 Å². The maximum absolute atomic E-state index is 11.8. The Kier molecular flexibility index (Phi) is 4.76. The number of anilines is 1. The molecule has 106 valence electrons. The highest BCUT2D eigenvalue weighted by molar-refractivity contribution is 6.33. The average Bonchev–Trinajstić information content (AvgIpc) is 2.85. The molecule has 0 spiro atoms. The summed E-state index contributed by atoms with van der Waals surface area (Å²) in [6, 6.07) is 6.96. The Morgan fingerprint density at radius 2 is 2.20 bits per heavy atom. The van der Waals surface area contributed by atoms with E-state index in [2.05, 4.69) is 15.6 Å². The zero-order chi connectivity index (χ0) is 14.5. The average molecular weight is 294 g/mol. The minimum atomic E-state index is -0.173. The Bertz CT molecular complexity index is 598. The summed E-state index contributed by atoms with van der Waals surface area (Å²) in [4.78, 5) is 15.9. The molecule has 5 nitrogen and oxygen atoms in total. The molecule has 1 atom stereocenters. The minimum absolute atomic E-state index is 0.138. The van der Waals surface area contributed by atoms with E-state index in [9.17, 15) is 4.79 Å². The van der Waals surface area contributed by atoms with Gasteiger partial charge in [-0.3, -0.25) is 10.1 Å². The number of amides is 1. The normalized spacial score (nSPS) is 12.2. The van der Waals surface area contributed by atoms with Crippen molar-refractivity contribution in [3.8, 4) is 0 Å². The number of rotatable bonds is 5. The first kappa shape index (κ1) is 14.6. The Morgan fingerprint density at radius 3 is 2.85 bits per heavy atom. The molecule has 6 heteroatoms. The number of carbonyl (C=O) groups is 1. The van der Waals surface area contributed by atoms with Crippen LogP contribution < -0.4 is 10.6 Å². The number of aromatic nitrogens is 1. The van der Waals surface area contributed by atoms with E-state index in [-0.39, 0.29) is 18.5 Å². The van der Waals surface area contributed by atoms with Gasteiger partial charge in [0, 0.05) is 0 Å². The predicted molar refractivity (Wildman–Crippen MR) is 77.7 cm³/mol. The lowest BCUT2D eigenvalue weighted by Gasteiger charge is -2.11. The van der Waals surface area contributed by atoms with E-state index in [1.54, 1.807) is 18.3 Å². The zero-order valence-electron chi connectivity index (χ0n) is 11.3. The first-order valence-electron chi connectivity index (χ1n) is 6.26. The third-order valence-corrected chi connectivity index (χ3v) is 3.06. The summed E-state index contributed by atoms with van der Waals surface area (Å²) in [7, 11) is 0. The lowest BCUT2D eigenvalue weighted by atomic mass is 10.3. The summed E-state index contributed by atoms with van der Waals surface area (Å²) in [5.74, 6) is 1.13. The smallest absolute Gasteiger partial charge is 0.238 e. The zero-order valence-corrected chi connectivity index (χ0v) is 12.1. The van der Waals surface area contributed by atoms with Gasteiger partial charge in [0.25, 0.3) is 0 Å². The fourth-order valence-electron chi connectivity index (χ4n) is 1.66. The summed E-state index contributed by atoms with van der Waals surface area (Å²) in [5, 5.41) is 6.29. The number of hydrogen-bond donors (Lipinski definition) is 2. The van der Waals surface area contributed by atoms with Crippen molar-refractivity contribution in [2.75, 3.05) is 11.9 Å². The van der Waals surface area contributed by atoms with Gasteiger partial charge in [-0.2, -0.15) is 0 Å². The maximum atomic E-state index is 11.8. The molecule has 0 aliphatic rings. The largest absolute Gasteiger partial charge is 0.444 e. The summed E-state index contributed by atoms with van der Waals surface area (Å²) in [5.41, 5.74) is 0.598. The summed E-state index contributed by atoms with van der Waals surface area (Å²) in [6.45, 7) is 3.86. The molecule has 1 unspecified atom stereocenters. The molecule has 1 amide bonds. The quantitative estimate of drug-likeness (QED) is 0.889. The number of oxazole rings is 1. The molecule has 0 aliphatic carbocycles. The van der Waals surface area contributed by atoms with Crippen molar-refractivity contribution in [2.24, 2.45) is 0 Å². The Morgan fingerprint density at radius 1 is 1.45 bits per heavy atom. The van der Waals surface area contributed by atoms with Crippen molar-refractivity contribution in [1.82, 2.24) is 10.3 Å². The molecule has 0 radical (unpaired) electrons. The van der Waals surface area contributed by atoms with E-state index >= 15 is 0 Å². The van der Waals surface area contributed by atoms with Gasteiger partial charge in [0.05, 0.1) is 29.5 Å². The molecule has 1 aromatic heterocycles. The predicted octanol–water partition coefficient (Wildman–Crippen LogP) is 2.93. The minimum Gasteiger partial charge on any atom is -0.444 e. The maximum Gasteiger partial charge on any atom is 0.238 e. The second-order valence-corrected chi connectivity index (χ2v) is 4.85. The Hall–Kier alpha value is -1.85. The van der Waals surface area contributed by atoms with Gasteiger partial charge in [0.15, 0.2) is 0 Å². The molecule has 0 bridgehead atoms. The Labute approximate surface area is 122 Å². The van der Waals surface area contributed by atoms with E-state index in [0.29, 0.717) is 16.6 Å². The van der Waals surface area contributed by atoms with E-state index in [4.69, 9.17) is 16.0 Å². The number of carbonyl (C=O) groups excluding carboxylic acids is 1. The van der Waals surface area contributed by atoms with Gasteiger partial charge in [0.2, 0.25) is 11.8 Å². The third-order valence-electron chi connectivity index (χ3n) is 2.73. The topological polar surface area (TPSA) is 67.2 Å². The lowest BCUT2D eigenvalue weighted by Crippen LogP contribution is -2.30. The van der Waals surface area contributed by atoms with E-state index in [1.807, 2.05) is 26.0 Å². The first-order valence-corrected chi connectivity index (χ1v) is 6.64. The molecule has 0 saturated carbocycles. The third kappa shape index (κ3) is 3.82. The summed E-state index contributed by atoms with van der Waals surface area (Å²) >= 11 is 5.97. The number of para-hydroxylation sites is 1. The van der Waals surface area contributed by atoms with Crippen LogP contribution in [0.2, 0.25) is 5.02 Å². The van der Waals surface area contributed by atoms with E-state index in [1.165, 1.54) is 0 Å². The summed E-state index contributed by atoms with van der Waals surface area (Å²) in [6.07, 6.45) is 1.65. The van der Waals surface area contributed by atoms with Crippen molar-refractivity contribution < 1.29 is 9.21 Å². The number of benzene rings is 1. The molecule has 0 fully saturated rings. The monoisotopic (exact) mass is 293 g/mol. The van der Waals surface area contributed by atoms with Crippen LogP contribution in [0.4, 0.5) is 5.69 Å². The van der Waals surface area contributed by atoms with Crippen molar-refractivity contribution >= 4 is 23.2 Å². The molecule has 20 heavy (non-hydrogen) atoms.